The van der Waals surface area contributed by atoms with Gasteiger partial charge in [0, 0.05) is 6.54 Å². The Bertz CT molecular complexity index is 1080. The summed E-state index contributed by atoms with van der Waals surface area (Å²) in [5.74, 6) is 0.0825. The van der Waals surface area contributed by atoms with Crippen molar-refractivity contribution in [3.63, 3.8) is 0 Å². The summed E-state index contributed by atoms with van der Waals surface area (Å²) in [6, 6.07) is 9.86. The van der Waals surface area contributed by atoms with Crippen LogP contribution in [0.15, 0.2) is 42.5 Å². The van der Waals surface area contributed by atoms with E-state index in [1.165, 1.54) is 0 Å². The zero-order valence-electron chi connectivity index (χ0n) is 18.4. The number of amides is 1. The molecule has 0 aliphatic carbocycles. The molecule has 2 aromatic carbocycles. The first-order valence-corrected chi connectivity index (χ1v) is 12.4. The van der Waals surface area contributed by atoms with Gasteiger partial charge in [0.05, 0.1) is 28.6 Å². The standard InChI is InChI=1S/C22H26ClF3N2O4S/c1-15(2)32-18-8-4-6-16(12-18)7-5-11-27-21(29)14-28(33(3,30)31)20-13-17(22(24,25)26)9-10-19(20)23/h4,6,8-10,12-13,15H,5,7,11,14H2,1-3H3,(H,27,29). The van der Waals surface area contributed by atoms with Crippen LogP contribution in [-0.4, -0.2) is 39.8 Å². The summed E-state index contributed by atoms with van der Waals surface area (Å²) in [6.45, 7) is 3.41. The Hall–Kier alpha value is -2.46. The summed E-state index contributed by atoms with van der Waals surface area (Å²) in [6.07, 6.45) is -2.64. The monoisotopic (exact) mass is 506 g/mol. The van der Waals surface area contributed by atoms with Crippen molar-refractivity contribution >= 4 is 33.2 Å². The Morgan fingerprint density at radius 1 is 1.18 bits per heavy atom. The molecule has 6 nitrogen and oxygen atoms in total. The average Bonchev–Trinajstić information content (AvgIpc) is 2.68. The van der Waals surface area contributed by atoms with E-state index in [-0.39, 0.29) is 17.7 Å². The van der Waals surface area contributed by atoms with E-state index in [2.05, 4.69) is 5.32 Å². The van der Waals surface area contributed by atoms with Crippen LogP contribution in [-0.2, 0) is 27.4 Å². The summed E-state index contributed by atoms with van der Waals surface area (Å²) < 4.78 is 69.8. The molecule has 0 fully saturated rings. The van der Waals surface area contributed by atoms with Crippen LogP contribution in [0, 0.1) is 0 Å². The number of rotatable bonds is 10. The lowest BCUT2D eigenvalue weighted by molar-refractivity contribution is -0.137. The van der Waals surface area contributed by atoms with Gasteiger partial charge in [0.25, 0.3) is 0 Å². The SMILES string of the molecule is CC(C)Oc1cccc(CCCNC(=O)CN(c2cc(C(F)(F)F)ccc2Cl)S(C)(=O)=O)c1. The predicted molar refractivity (Wildman–Crippen MR) is 122 cm³/mol. The molecule has 11 heteroatoms. The van der Waals surface area contributed by atoms with Crippen molar-refractivity contribution in [2.75, 3.05) is 23.7 Å². The van der Waals surface area contributed by atoms with Crippen molar-refractivity contribution in [2.24, 2.45) is 0 Å². The minimum absolute atomic E-state index is 0.0441. The first-order valence-electron chi connectivity index (χ1n) is 10.1. The molecule has 0 aromatic heterocycles. The van der Waals surface area contributed by atoms with Crippen molar-refractivity contribution < 1.29 is 31.1 Å². The summed E-state index contributed by atoms with van der Waals surface area (Å²) in [5, 5.41) is 2.38. The van der Waals surface area contributed by atoms with E-state index in [4.69, 9.17) is 16.3 Å². The second-order valence-electron chi connectivity index (χ2n) is 7.70. The number of nitrogens with zero attached hydrogens (tertiary/aromatic N) is 1. The fourth-order valence-electron chi connectivity index (χ4n) is 3.01. The van der Waals surface area contributed by atoms with Gasteiger partial charge in [0.1, 0.15) is 12.3 Å². The molecule has 0 aliphatic rings. The largest absolute Gasteiger partial charge is 0.491 e. The molecule has 1 N–H and O–H groups in total. The van der Waals surface area contributed by atoms with Crippen LogP contribution < -0.4 is 14.4 Å². The molecule has 182 valence electrons. The third kappa shape index (κ3) is 8.43. The van der Waals surface area contributed by atoms with Crippen molar-refractivity contribution in [1.29, 1.82) is 0 Å². The third-order valence-electron chi connectivity index (χ3n) is 4.46. The molecule has 0 saturated heterocycles. The average molecular weight is 507 g/mol. The Morgan fingerprint density at radius 3 is 2.48 bits per heavy atom. The quantitative estimate of drug-likeness (QED) is 0.475. The molecule has 0 aliphatic heterocycles. The number of benzene rings is 2. The molecule has 1 amide bonds. The van der Waals surface area contributed by atoms with E-state index in [1.807, 2.05) is 38.1 Å². The van der Waals surface area contributed by atoms with Crippen LogP contribution in [0.25, 0.3) is 0 Å². The van der Waals surface area contributed by atoms with E-state index in [0.29, 0.717) is 23.2 Å². The summed E-state index contributed by atoms with van der Waals surface area (Å²) in [4.78, 5) is 12.4. The van der Waals surface area contributed by atoms with Gasteiger partial charge in [0.15, 0.2) is 0 Å². The number of halogens is 4. The van der Waals surface area contributed by atoms with Crippen LogP contribution in [0.3, 0.4) is 0 Å². The van der Waals surface area contributed by atoms with Crippen LogP contribution in [0.5, 0.6) is 5.75 Å². The Balaban J connectivity index is 2.01. The zero-order chi connectivity index (χ0) is 24.8. The lowest BCUT2D eigenvalue weighted by Crippen LogP contribution is -2.41. The highest BCUT2D eigenvalue weighted by molar-refractivity contribution is 7.92. The minimum atomic E-state index is -4.69. The number of carbonyl (C=O) groups is 1. The number of aryl methyl sites for hydroxylation is 1. The minimum Gasteiger partial charge on any atom is -0.491 e. The molecule has 0 bridgehead atoms. The molecular formula is C22H26ClF3N2O4S. The highest BCUT2D eigenvalue weighted by Crippen LogP contribution is 2.36. The number of anilines is 1. The van der Waals surface area contributed by atoms with Gasteiger partial charge in [-0.15, -0.1) is 0 Å². The van der Waals surface area contributed by atoms with Crippen LogP contribution in [0.2, 0.25) is 5.02 Å². The maximum absolute atomic E-state index is 13.1. The molecule has 33 heavy (non-hydrogen) atoms. The van der Waals surface area contributed by atoms with Gasteiger partial charge < -0.3 is 10.1 Å². The van der Waals surface area contributed by atoms with Gasteiger partial charge in [-0.3, -0.25) is 9.10 Å². The van der Waals surface area contributed by atoms with Gasteiger partial charge in [-0.05, 0) is 62.6 Å². The maximum atomic E-state index is 13.1. The van der Waals surface area contributed by atoms with Gasteiger partial charge in [-0.2, -0.15) is 13.2 Å². The summed E-state index contributed by atoms with van der Waals surface area (Å²) >= 11 is 5.95. The number of hydrogen-bond donors (Lipinski definition) is 1. The third-order valence-corrected chi connectivity index (χ3v) is 5.91. The molecule has 0 radical (unpaired) electrons. The van der Waals surface area contributed by atoms with Crippen molar-refractivity contribution in [3.8, 4) is 5.75 Å². The normalized spacial score (nSPS) is 12.0. The maximum Gasteiger partial charge on any atom is 0.416 e. The first kappa shape index (κ1) is 26.8. The van der Waals surface area contributed by atoms with Crippen molar-refractivity contribution in [1.82, 2.24) is 5.32 Å². The highest BCUT2D eigenvalue weighted by atomic mass is 35.5. The fourth-order valence-corrected chi connectivity index (χ4v) is 4.14. The van der Waals surface area contributed by atoms with Gasteiger partial charge in [-0.1, -0.05) is 23.7 Å². The lowest BCUT2D eigenvalue weighted by atomic mass is 10.1. The van der Waals surface area contributed by atoms with E-state index in [0.717, 1.165) is 29.7 Å². The van der Waals surface area contributed by atoms with Gasteiger partial charge in [-0.25, -0.2) is 8.42 Å². The summed E-state index contributed by atoms with van der Waals surface area (Å²) in [7, 11) is -4.08. The van der Waals surface area contributed by atoms with E-state index >= 15 is 0 Å². The van der Waals surface area contributed by atoms with Gasteiger partial charge >= 0.3 is 6.18 Å². The molecule has 0 saturated carbocycles. The van der Waals surface area contributed by atoms with Crippen LogP contribution in [0.1, 0.15) is 31.4 Å². The van der Waals surface area contributed by atoms with Gasteiger partial charge in [0.2, 0.25) is 15.9 Å². The Morgan fingerprint density at radius 2 is 1.88 bits per heavy atom. The van der Waals surface area contributed by atoms with Crippen LogP contribution in [0.4, 0.5) is 18.9 Å². The lowest BCUT2D eigenvalue weighted by Gasteiger charge is -2.24. The van der Waals surface area contributed by atoms with Crippen LogP contribution >= 0.6 is 11.6 Å². The molecule has 2 rings (SSSR count). The molecular weight excluding hydrogens is 481 g/mol. The predicted octanol–water partition coefficient (Wildman–Crippen LogP) is 4.66. The number of hydrogen-bond acceptors (Lipinski definition) is 4. The van der Waals surface area contributed by atoms with E-state index < -0.39 is 39.9 Å². The number of carbonyl (C=O) groups excluding carboxylic acids is 1. The number of nitrogens with one attached hydrogen (secondary N) is 1. The smallest absolute Gasteiger partial charge is 0.416 e. The molecule has 0 atom stereocenters. The first-order chi connectivity index (χ1) is 15.3. The molecule has 0 unspecified atom stereocenters. The number of ether oxygens (including phenoxy) is 1. The second kappa shape index (κ2) is 11.1. The molecule has 2 aromatic rings. The zero-order valence-corrected chi connectivity index (χ0v) is 20.0. The van der Waals surface area contributed by atoms with E-state index in [1.54, 1.807) is 0 Å². The summed E-state index contributed by atoms with van der Waals surface area (Å²) in [5.41, 5.74) is -0.471. The molecule has 0 heterocycles. The Labute approximate surface area is 196 Å². The number of sulfonamides is 1. The Kier molecular flexibility index (Phi) is 9.02. The number of alkyl halides is 3. The fraction of sp³-hybridized carbons (Fsp3) is 0.409. The van der Waals surface area contributed by atoms with Crippen molar-refractivity contribution in [2.45, 2.75) is 39.0 Å². The topological polar surface area (TPSA) is 75.7 Å². The van der Waals surface area contributed by atoms with E-state index in [9.17, 15) is 26.4 Å². The highest BCUT2D eigenvalue weighted by Gasteiger charge is 2.33. The molecule has 0 spiro atoms. The van der Waals surface area contributed by atoms with Crippen molar-refractivity contribution in [3.05, 3.63) is 58.6 Å². The second-order valence-corrected chi connectivity index (χ2v) is 10.0.